The minimum Gasteiger partial charge on any atom is -0.333 e. The number of carbonyl (C=O) groups is 2. The standard InChI is InChI=1S/C29H34N6O2S.C2H6/c1-20(23-9-5-3-6-10-23)35-26-25(17-30-29(35)37)28(32-19-31-26)38-21(2)27(36)33-24-13-11-22(12-14-24)18-34-15-7-4-8-16-34;1-2/h3,5-6,9-14,19-21H,4,7-8,15-18H2,1-2H3,(H,30,37)(H,33,36);1-2H3/t20-,21?;/m1./s1. The average Bonchev–Trinajstić information content (AvgIpc) is 3.00. The lowest BCUT2D eigenvalue weighted by atomic mass is 10.1. The molecule has 2 N–H and O–H groups in total. The Morgan fingerprint density at radius 3 is 2.40 bits per heavy atom. The van der Waals surface area contributed by atoms with E-state index in [4.69, 9.17) is 0 Å². The van der Waals surface area contributed by atoms with Crippen LogP contribution in [0.15, 0.2) is 66.0 Å². The first-order valence-corrected chi connectivity index (χ1v) is 15.1. The number of amides is 3. The van der Waals surface area contributed by atoms with E-state index in [9.17, 15) is 9.59 Å². The second-order valence-electron chi connectivity index (χ2n) is 9.88. The molecule has 3 amide bonds. The molecule has 212 valence electrons. The molecule has 8 nitrogen and oxygen atoms in total. The highest BCUT2D eigenvalue weighted by atomic mass is 32.2. The van der Waals surface area contributed by atoms with Gasteiger partial charge in [0.25, 0.3) is 0 Å². The minimum atomic E-state index is -0.389. The number of anilines is 2. The fourth-order valence-electron chi connectivity index (χ4n) is 4.97. The number of thioether (sulfide) groups is 1. The number of nitrogens with zero attached hydrogens (tertiary/aromatic N) is 4. The summed E-state index contributed by atoms with van der Waals surface area (Å²) in [5.74, 6) is 0.486. The first-order valence-electron chi connectivity index (χ1n) is 14.2. The normalized spacial score (nSPS) is 16.6. The number of nitrogens with one attached hydrogen (secondary N) is 2. The molecule has 1 unspecified atom stereocenters. The minimum absolute atomic E-state index is 0.0968. The van der Waals surface area contributed by atoms with Crippen LogP contribution in [0.5, 0.6) is 0 Å². The second-order valence-corrected chi connectivity index (χ2v) is 11.2. The molecule has 2 aliphatic rings. The van der Waals surface area contributed by atoms with Gasteiger partial charge in [0, 0.05) is 17.8 Å². The maximum atomic E-state index is 13.0. The van der Waals surface area contributed by atoms with E-state index in [1.165, 1.54) is 42.9 Å². The molecule has 0 bridgehead atoms. The molecule has 3 aromatic rings. The SMILES string of the molecule is CC.CC(Sc1ncnc2c1CNC(=O)N2[C@H](C)c1ccccc1)C(=O)Nc1ccc(CN2CCCCC2)cc1. The number of benzene rings is 2. The van der Waals surface area contributed by atoms with E-state index in [0.717, 1.165) is 36.4 Å². The van der Waals surface area contributed by atoms with Crippen molar-refractivity contribution in [1.29, 1.82) is 0 Å². The molecule has 0 spiro atoms. The molecule has 40 heavy (non-hydrogen) atoms. The molecule has 2 aromatic carbocycles. The van der Waals surface area contributed by atoms with Gasteiger partial charge in [-0.2, -0.15) is 0 Å². The summed E-state index contributed by atoms with van der Waals surface area (Å²) in [6, 6.07) is 17.6. The zero-order valence-electron chi connectivity index (χ0n) is 23.9. The molecule has 9 heteroatoms. The van der Waals surface area contributed by atoms with Gasteiger partial charge in [-0.05, 0) is 63.0 Å². The van der Waals surface area contributed by atoms with Crippen LogP contribution in [0, 0.1) is 0 Å². The summed E-state index contributed by atoms with van der Waals surface area (Å²) in [5, 5.41) is 6.28. The molecule has 0 aliphatic carbocycles. The highest BCUT2D eigenvalue weighted by Crippen LogP contribution is 2.36. The van der Waals surface area contributed by atoms with Crippen molar-refractivity contribution in [1.82, 2.24) is 20.2 Å². The van der Waals surface area contributed by atoms with Crippen molar-refractivity contribution in [3.63, 3.8) is 0 Å². The van der Waals surface area contributed by atoms with Gasteiger partial charge in [-0.15, -0.1) is 0 Å². The number of carbonyl (C=O) groups excluding carboxylic acids is 2. The fraction of sp³-hybridized carbons (Fsp3) is 0.419. The van der Waals surface area contributed by atoms with Gasteiger partial charge in [0.2, 0.25) is 5.91 Å². The smallest absolute Gasteiger partial charge is 0.323 e. The highest BCUT2D eigenvalue weighted by Gasteiger charge is 2.33. The number of likely N-dealkylation sites (tertiary alicyclic amines) is 1. The Hall–Kier alpha value is -3.43. The van der Waals surface area contributed by atoms with Crippen LogP contribution in [0.3, 0.4) is 0 Å². The molecule has 5 rings (SSSR count). The van der Waals surface area contributed by atoms with Gasteiger partial charge in [-0.3, -0.25) is 14.6 Å². The Labute approximate surface area is 242 Å². The lowest BCUT2D eigenvalue weighted by Gasteiger charge is -2.34. The predicted octanol–water partition coefficient (Wildman–Crippen LogP) is 6.40. The first-order chi connectivity index (χ1) is 19.5. The van der Waals surface area contributed by atoms with Gasteiger partial charge < -0.3 is 10.6 Å². The Morgan fingerprint density at radius 1 is 1.00 bits per heavy atom. The zero-order valence-corrected chi connectivity index (χ0v) is 24.7. The van der Waals surface area contributed by atoms with E-state index in [2.05, 4.69) is 37.6 Å². The molecular weight excluding hydrogens is 520 g/mol. The Bertz CT molecular complexity index is 1260. The maximum absolute atomic E-state index is 13.0. The number of piperidine rings is 1. The Kier molecular flexibility index (Phi) is 10.5. The third-order valence-corrected chi connectivity index (χ3v) is 8.29. The Balaban J connectivity index is 0.00000181. The third kappa shape index (κ3) is 7.20. The van der Waals surface area contributed by atoms with E-state index in [0.29, 0.717) is 17.4 Å². The van der Waals surface area contributed by atoms with Crippen LogP contribution < -0.4 is 15.5 Å². The first kappa shape index (κ1) is 29.6. The average molecular weight is 561 g/mol. The summed E-state index contributed by atoms with van der Waals surface area (Å²) in [5.41, 5.74) is 3.88. The van der Waals surface area contributed by atoms with Crippen molar-refractivity contribution in [2.75, 3.05) is 23.3 Å². The quantitative estimate of drug-likeness (QED) is 0.245. The number of aromatic nitrogens is 2. The molecule has 2 atom stereocenters. The summed E-state index contributed by atoms with van der Waals surface area (Å²) in [7, 11) is 0. The van der Waals surface area contributed by atoms with Gasteiger partial charge in [-0.25, -0.2) is 14.8 Å². The number of rotatable bonds is 8. The number of hydrogen-bond acceptors (Lipinski definition) is 6. The van der Waals surface area contributed by atoms with E-state index in [1.807, 2.05) is 70.2 Å². The van der Waals surface area contributed by atoms with Crippen LogP contribution in [0.4, 0.5) is 16.3 Å². The highest BCUT2D eigenvalue weighted by molar-refractivity contribution is 8.00. The zero-order chi connectivity index (χ0) is 28.5. The van der Waals surface area contributed by atoms with E-state index in [1.54, 1.807) is 4.90 Å². The van der Waals surface area contributed by atoms with Gasteiger partial charge in [0.15, 0.2) is 0 Å². The predicted molar refractivity (Wildman–Crippen MR) is 162 cm³/mol. The molecule has 1 fully saturated rings. The van der Waals surface area contributed by atoms with E-state index < -0.39 is 0 Å². The van der Waals surface area contributed by atoms with Crippen LogP contribution in [-0.2, 0) is 17.9 Å². The molecule has 1 saturated heterocycles. The second kappa shape index (κ2) is 14.3. The largest absolute Gasteiger partial charge is 0.333 e. The van der Waals surface area contributed by atoms with Crippen LogP contribution in [-0.4, -0.2) is 45.1 Å². The summed E-state index contributed by atoms with van der Waals surface area (Å²) < 4.78 is 0. The maximum Gasteiger partial charge on any atom is 0.323 e. The third-order valence-electron chi connectivity index (χ3n) is 7.15. The fourth-order valence-corrected chi connectivity index (χ4v) is 5.89. The molecular formula is C31H40N6O2S. The summed E-state index contributed by atoms with van der Waals surface area (Å²) in [6.45, 7) is 11.4. The van der Waals surface area contributed by atoms with Crippen LogP contribution in [0.25, 0.3) is 0 Å². The van der Waals surface area contributed by atoms with Crippen LogP contribution in [0.1, 0.15) is 69.7 Å². The van der Waals surface area contributed by atoms with E-state index in [-0.39, 0.29) is 23.2 Å². The van der Waals surface area contributed by atoms with Crippen molar-refractivity contribution in [3.8, 4) is 0 Å². The van der Waals surface area contributed by atoms with Crippen molar-refractivity contribution < 1.29 is 9.59 Å². The number of urea groups is 1. The van der Waals surface area contributed by atoms with Gasteiger partial charge in [0.05, 0.1) is 17.8 Å². The lowest BCUT2D eigenvalue weighted by molar-refractivity contribution is -0.115. The van der Waals surface area contributed by atoms with Crippen molar-refractivity contribution in [3.05, 3.63) is 77.6 Å². The van der Waals surface area contributed by atoms with Crippen LogP contribution >= 0.6 is 11.8 Å². The van der Waals surface area contributed by atoms with Crippen molar-refractivity contribution in [2.45, 2.75) is 76.4 Å². The summed E-state index contributed by atoms with van der Waals surface area (Å²) in [4.78, 5) is 39.0. The van der Waals surface area contributed by atoms with E-state index >= 15 is 0 Å². The van der Waals surface area contributed by atoms with Gasteiger partial charge in [-0.1, -0.05) is 74.5 Å². The Morgan fingerprint density at radius 2 is 1.70 bits per heavy atom. The molecule has 2 aliphatic heterocycles. The molecule has 3 heterocycles. The molecule has 1 aromatic heterocycles. The van der Waals surface area contributed by atoms with Crippen LogP contribution in [0.2, 0.25) is 0 Å². The summed E-state index contributed by atoms with van der Waals surface area (Å²) >= 11 is 1.37. The van der Waals surface area contributed by atoms with Crippen molar-refractivity contribution >= 4 is 35.2 Å². The summed E-state index contributed by atoms with van der Waals surface area (Å²) in [6.07, 6.45) is 5.34. The van der Waals surface area contributed by atoms with Crippen molar-refractivity contribution in [2.24, 2.45) is 0 Å². The number of fused-ring (bicyclic) bond motifs is 1. The molecule has 0 saturated carbocycles. The monoisotopic (exact) mass is 560 g/mol. The molecule has 0 radical (unpaired) electrons. The van der Waals surface area contributed by atoms with Gasteiger partial charge >= 0.3 is 6.03 Å². The topological polar surface area (TPSA) is 90.5 Å². The lowest BCUT2D eigenvalue weighted by Crippen LogP contribution is -2.46. The number of hydrogen-bond donors (Lipinski definition) is 2. The van der Waals surface area contributed by atoms with Gasteiger partial charge in [0.1, 0.15) is 17.2 Å².